The first-order valence-electron chi connectivity index (χ1n) is 9.77. The second-order valence-corrected chi connectivity index (χ2v) is 9.32. The summed E-state index contributed by atoms with van der Waals surface area (Å²) in [4.78, 5) is 15.1. The van der Waals surface area contributed by atoms with E-state index in [1.54, 1.807) is 24.3 Å². The van der Waals surface area contributed by atoms with Crippen molar-refractivity contribution >= 4 is 39.7 Å². The lowest BCUT2D eigenvalue weighted by Gasteiger charge is -2.34. The Bertz CT molecular complexity index is 1010. The van der Waals surface area contributed by atoms with E-state index in [0.29, 0.717) is 18.0 Å². The first-order valence-corrected chi connectivity index (χ1v) is 11.6. The van der Waals surface area contributed by atoms with Gasteiger partial charge in [0, 0.05) is 25.3 Å². The van der Waals surface area contributed by atoms with Gasteiger partial charge in [0.1, 0.15) is 5.75 Å². The lowest BCUT2D eigenvalue weighted by atomic mass is 10.1. The van der Waals surface area contributed by atoms with E-state index in [1.807, 2.05) is 18.2 Å². The minimum absolute atomic E-state index is 0. The highest BCUT2D eigenvalue weighted by Crippen LogP contribution is 2.34. The molecule has 4 rings (SSSR count). The predicted molar refractivity (Wildman–Crippen MR) is 120 cm³/mol. The highest BCUT2D eigenvalue weighted by atomic mass is 35.5. The lowest BCUT2D eigenvalue weighted by Crippen LogP contribution is -2.50. The highest BCUT2D eigenvalue weighted by molar-refractivity contribution is 7.92. The molecule has 0 spiro atoms. The standard InChI is InChI=1S/C21H25N3O4S.ClH/c1-29(26,27)24-15-20(28-19-11-5-4-10-18(19)24)21(25)22-14-16-8-2-3-9-17(16)23-12-6-7-13-23;/h2-5,8-11,20H,6-7,12-15H2,1H3,(H,22,25);1H. The van der Waals surface area contributed by atoms with Gasteiger partial charge >= 0.3 is 0 Å². The van der Waals surface area contributed by atoms with Crippen LogP contribution < -0.4 is 19.3 Å². The van der Waals surface area contributed by atoms with E-state index in [1.165, 1.54) is 17.1 Å². The number of nitrogens with zero attached hydrogens (tertiary/aromatic N) is 2. The van der Waals surface area contributed by atoms with Gasteiger partial charge in [0.15, 0.2) is 6.10 Å². The number of benzene rings is 2. The van der Waals surface area contributed by atoms with Gasteiger partial charge in [0.25, 0.3) is 5.91 Å². The summed E-state index contributed by atoms with van der Waals surface area (Å²) in [5.41, 5.74) is 2.63. The normalized spacial score (nSPS) is 18.2. The Hall–Kier alpha value is -2.45. The van der Waals surface area contributed by atoms with Crippen LogP contribution in [-0.4, -0.2) is 46.3 Å². The average molecular weight is 452 g/mol. The molecule has 1 fully saturated rings. The number of carbonyl (C=O) groups is 1. The molecule has 0 saturated carbocycles. The summed E-state index contributed by atoms with van der Waals surface area (Å²) in [5, 5.41) is 2.92. The number of hydrogen-bond acceptors (Lipinski definition) is 5. The zero-order valence-corrected chi connectivity index (χ0v) is 18.4. The molecule has 2 aromatic rings. The molecule has 0 aromatic heterocycles. The van der Waals surface area contributed by atoms with Gasteiger partial charge in [-0.15, -0.1) is 12.4 Å². The van der Waals surface area contributed by atoms with E-state index < -0.39 is 16.1 Å². The Balaban J connectivity index is 0.00000256. The number of fused-ring (bicyclic) bond motifs is 1. The van der Waals surface area contributed by atoms with Crippen LogP contribution in [0.1, 0.15) is 18.4 Å². The van der Waals surface area contributed by atoms with Crippen molar-refractivity contribution in [2.45, 2.75) is 25.5 Å². The number of amides is 1. The fourth-order valence-corrected chi connectivity index (χ4v) is 4.79. The summed E-state index contributed by atoms with van der Waals surface area (Å²) in [5.74, 6) is 0.0613. The van der Waals surface area contributed by atoms with Gasteiger partial charge in [0.2, 0.25) is 10.0 Å². The maximum absolute atomic E-state index is 12.8. The molecule has 30 heavy (non-hydrogen) atoms. The van der Waals surface area contributed by atoms with Crippen LogP contribution in [0.15, 0.2) is 48.5 Å². The van der Waals surface area contributed by atoms with Crippen LogP contribution in [-0.2, 0) is 21.4 Å². The minimum Gasteiger partial charge on any atom is -0.476 e. The van der Waals surface area contributed by atoms with Crippen LogP contribution in [0.2, 0.25) is 0 Å². The Morgan fingerprint density at radius 1 is 1.07 bits per heavy atom. The summed E-state index contributed by atoms with van der Waals surface area (Å²) >= 11 is 0. The third-order valence-electron chi connectivity index (χ3n) is 5.32. The molecule has 7 nitrogen and oxygen atoms in total. The number of halogens is 1. The Morgan fingerprint density at radius 3 is 2.40 bits per heavy atom. The monoisotopic (exact) mass is 451 g/mol. The van der Waals surface area contributed by atoms with Crippen molar-refractivity contribution in [3.05, 3.63) is 54.1 Å². The van der Waals surface area contributed by atoms with Crippen molar-refractivity contribution in [1.29, 1.82) is 0 Å². The second-order valence-electron chi connectivity index (χ2n) is 7.41. The quantitative estimate of drug-likeness (QED) is 0.755. The van der Waals surface area contributed by atoms with Crippen LogP contribution >= 0.6 is 12.4 Å². The summed E-state index contributed by atoms with van der Waals surface area (Å²) in [6, 6.07) is 14.9. The molecule has 2 aliphatic rings. The summed E-state index contributed by atoms with van der Waals surface area (Å²) < 4.78 is 31.5. The Kier molecular flexibility index (Phi) is 6.77. The minimum atomic E-state index is -3.52. The van der Waals surface area contributed by atoms with Gasteiger partial charge in [-0.3, -0.25) is 9.10 Å². The number of sulfonamides is 1. The zero-order valence-electron chi connectivity index (χ0n) is 16.8. The first-order chi connectivity index (χ1) is 13.9. The maximum Gasteiger partial charge on any atom is 0.263 e. The van der Waals surface area contributed by atoms with Crippen molar-refractivity contribution < 1.29 is 17.9 Å². The second kappa shape index (κ2) is 9.14. The molecule has 162 valence electrons. The van der Waals surface area contributed by atoms with Crippen LogP contribution in [0.5, 0.6) is 5.75 Å². The molecule has 0 radical (unpaired) electrons. The SMILES string of the molecule is CS(=O)(=O)N1CC(C(=O)NCc2ccccc2N2CCCC2)Oc2ccccc21.Cl. The van der Waals surface area contributed by atoms with Crippen molar-refractivity contribution in [2.24, 2.45) is 0 Å². The molecular formula is C21H26ClN3O4S. The fourth-order valence-electron chi connectivity index (χ4n) is 3.88. The van der Waals surface area contributed by atoms with Gasteiger partial charge in [0.05, 0.1) is 18.5 Å². The predicted octanol–water partition coefficient (Wildman–Crippen LogP) is 2.55. The lowest BCUT2D eigenvalue weighted by molar-refractivity contribution is -0.127. The highest BCUT2D eigenvalue weighted by Gasteiger charge is 2.34. The van der Waals surface area contributed by atoms with Crippen molar-refractivity contribution in [2.75, 3.05) is 35.1 Å². The molecule has 2 heterocycles. The van der Waals surface area contributed by atoms with E-state index in [-0.39, 0.29) is 24.9 Å². The molecule has 1 unspecified atom stereocenters. The van der Waals surface area contributed by atoms with Crippen molar-refractivity contribution in [1.82, 2.24) is 5.32 Å². The molecule has 2 aliphatic heterocycles. The molecule has 2 aromatic carbocycles. The van der Waals surface area contributed by atoms with Gasteiger partial charge in [-0.1, -0.05) is 30.3 Å². The van der Waals surface area contributed by atoms with E-state index >= 15 is 0 Å². The number of anilines is 2. The summed E-state index contributed by atoms with van der Waals surface area (Å²) in [6.07, 6.45) is 2.59. The van der Waals surface area contributed by atoms with E-state index in [0.717, 1.165) is 30.6 Å². The third-order valence-corrected chi connectivity index (χ3v) is 6.47. The molecule has 1 saturated heterocycles. The van der Waals surface area contributed by atoms with Crippen LogP contribution in [0.4, 0.5) is 11.4 Å². The summed E-state index contributed by atoms with van der Waals surface area (Å²) in [7, 11) is -3.52. The fraction of sp³-hybridized carbons (Fsp3) is 0.381. The molecule has 1 amide bonds. The number of carbonyl (C=O) groups excluding carboxylic acids is 1. The van der Waals surface area contributed by atoms with Gasteiger partial charge < -0.3 is 15.0 Å². The average Bonchev–Trinajstić information content (AvgIpc) is 3.25. The van der Waals surface area contributed by atoms with E-state index in [2.05, 4.69) is 16.3 Å². The molecular weight excluding hydrogens is 426 g/mol. The van der Waals surface area contributed by atoms with Crippen LogP contribution in [0.3, 0.4) is 0 Å². The van der Waals surface area contributed by atoms with Gasteiger partial charge in [-0.05, 0) is 36.6 Å². The van der Waals surface area contributed by atoms with Gasteiger partial charge in [-0.2, -0.15) is 0 Å². The number of hydrogen-bond donors (Lipinski definition) is 1. The van der Waals surface area contributed by atoms with E-state index in [9.17, 15) is 13.2 Å². The van der Waals surface area contributed by atoms with Crippen LogP contribution in [0, 0.1) is 0 Å². The first kappa shape index (κ1) is 22.2. The topological polar surface area (TPSA) is 79.0 Å². The maximum atomic E-state index is 12.8. The molecule has 1 atom stereocenters. The molecule has 1 N–H and O–H groups in total. The van der Waals surface area contributed by atoms with E-state index in [4.69, 9.17) is 4.74 Å². The van der Waals surface area contributed by atoms with Crippen molar-refractivity contribution in [3.8, 4) is 5.75 Å². The number of nitrogens with one attached hydrogen (secondary N) is 1. The van der Waals surface area contributed by atoms with Crippen LogP contribution in [0.25, 0.3) is 0 Å². The van der Waals surface area contributed by atoms with Gasteiger partial charge in [-0.25, -0.2) is 8.42 Å². The molecule has 0 aliphatic carbocycles. The molecule has 9 heteroatoms. The number of para-hydroxylation sites is 3. The number of ether oxygens (including phenoxy) is 1. The largest absolute Gasteiger partial charge is 0.476 e. The smallest absolute Gasteiger partial charge is 0.263 e. The summed E-state index contributed by atoms with van der Waals surface area (Å²) in [6.45, 7) is 2.37. The third kappa shape index (κ3) is 4.65. The van der Waals surface area contributed by atoms with Crippen molar-refractivity contribution in [3.63, 3.8) is 0 Å². The zero-order chi connectivity index (χ0) is 20.4. The Labute approximate surface area is 183 Å². The molecule has 0 bridgehead atoms. The Morgan fingerprint density at radius 2 is 1.70 bits per heavy atom. The number of rotatable bonds is 5.